The van der Waals surface area contributed by atoms with Gasteiger partial charge in [0.2, 0.25) is 0 Å². The summed E-state index contributed by atoms with van der Waals surface area (Å²) in [7, 11) is 0. The third kappa shape index (κ3) is 3.28. The Balaban J connectivity index is 2.43. The number of Topliss-reactive ketones (excluding diaryl/α,β-unsaturated/α-hetero) is 1. The summed E-state index contributed by atoms with van der Waals surface area (Å²) in [4.78, 5) is 12.8. The van der Waals surface area contributed by atoms with Crippen LogP contribution >= 0.6 is 0 Å². The second-order valence-corrected chi connectivity index (χ2v) is 5.77. The van der Waals surface area contributed by atoms with Gasteiger partial charge in [-0.15, -0.1) is 0 Å². The molecule has 0 heterocycles. The number of hydrogen-bond acceptors (Lipinski definition) is 2. The number of rotatable bonds is 3. The summed E-state index contributed by atoms with van der Waals surface area (Å²) in [5.41, 5.74) is 3.87. The lowest BCUT2D eigenvalue weighted by atomic mass is 9.73. The Kier molecular flexibility index (Phi) is 4.71. The van der Waals surface area contributed by atoms with Crippen molar-refractivity contribution in [2.45, 2.75) is 44.7 Å². The summed E-state index contributed by atoms with van der Waals surface area (Å²) in [6, 6.07) is 5.02. The quantitative estimate of drug-likeness (QED) is 0.672. The average Bonchev–Trinajstić information content (AvgIpc) is 2.72. The second-order valence-electron chi connectivity index (χ2n) is 5.77. The molecule has 0 radical (unpaired) electrons. The molecule has 21 heavy (non-hydrogen) atoms. The highest BCUT2D eigenvalue weighted by Crippen LogP contribution is 2.40. The van der Waals surface area contributed by atoms with Gasteiger partial charge < -0.3 is 5.73 Å². The lowest BCUT2D eigenvalue weighted by Crippen LogP contribution is -2.39. The zero-order chi connectivity index (χ0) is 15.5. The largest absolute Gasteiger partial charge is 0.417 e. The molecule has 2 rings (SSSR count). The smallest absolute Gasteiger partial charge is 0.329 e. The van der Waals surface area contributed by atoms with Crippen LogP contribution in [0.4, 0.5) is 13.2 Å². The molecular weight excluding hydrogens is 279 g/mol. The maximum Gasteiger partial charge on any atom is 0.417 e. The van der Waals surface area contributed by atoms with Crippen LogP contribution in [0.25, 0.3) is 0 Å². The van der Waals surface area contributed by atoms with Gasteiger partial charge in [0.15, 0.2) is 5.78 Å². The monoisotopic (exact) mass is 299 g/mol. The predicted molar refractivity (Wildman–Crippen MR) is 75.0 cm³/mol. The molecule has 0 saturated heterocycles. The molecule has 5 heteroatoms. The van der Waals surface area contributed by atoms with Gasteiger partial charge in [0.05, 0.1) is 5.56 Å². The Labute approximate surface area is 122 Å². The van der Waals surface area contributed by atoms with Gasteiger partial charge in [0.25, 0.3) is 0 Å². The van der Waals surface area contributed by atoms with E-state index >= 15 is 0 Å². The first kappa shape index (κ1) is 16.0. The maximum atomic E-state index is 13.1. The van der Waals surface area contributed by atoms with Crippen molar-refractivity contribution in [3.05, 3.63) is 35.4 Å². The van der Waals surface area contributed by atoms with Gasteiger partial charge in [-0.2, -0.15) is 13.2 Å². The minimum atomic E-state index is -4.52. The fourth-order valence-corrected chi connectivity index (χ4v) is 3.14. The molecule has 0 aromatic heterocycles. The highest BCUT2D eigenvalue weighted by atomic mass is 19.4. The molecule has 1 aliphatic rings. The second kappa shape index (κ2) is 6.18. The zero-order valence-electron chi connectivity index (χ0n) is 11.9. The van der Waals surface area contributed by atoms with E-state index in [2.05, 4.69) is 0 Å². The number of alkyl halides is 3. The average molecular weight is 299 g/mol. The fourth-order valence-electron chi connectivity index (χ4n) is 3.14. The number of nitrogens with two attached hydrogens (primary N) is 1. The predicted octanol–water partition coefficient (Wildman–Crippen LogP) is 4.19. The van der Waals surface area contributed by atoms with Gasteiger partial charge in [-0.25, -0.2) is 0 Å². The summed E-state index contributed by atoms with van der Waals surface area (Å²) in [6.45, 7) is 0.109. The van der Waals surface area contributed by atoms with Gasteiger partial charge >= 0.3 is 6.18 Å². The van der Waals surface area contributed by atoms with E-state index in [0.717, 1.165) is 31.7 Å². The summed E-state index contributed by atoms with van der Waals surface area (Å²) in [5, 5.41) is 0. The third-order valence-corrected chi connectivity index (χ3v) is 4.41. The summed E-state index contributed by atoms with van der Waals surface area (Å²) in [6.07, 6.45) is 0.343. The molecule has 1 fully saturated rings. The molecule has 2 N–H and O–H groups in total. The normalized spacial score (nSPS) is 19.0. The van der Waals surface area contributed by atoms with E-state index < -0.39 is 22.9 Å². The van der Waals surface area contributed by atoms with Crippen molar-refractivity contribution in [2.75, 3.05) is 6.54 Å². The van der Waals surface area contributed by atoms with Crippen LogP contribution in [0.15, 0.2) is 24.3 Å². The molecule has 1 aromatic rings. The van der Waals surface area contributed by atoms with E-state index in [0.29, 0.717) is 12.8 Å². The Bertz CT molecular complexity index is 502. The van der Waals surface area contributed by atoms with Gasteiger partial charge in [-0.1, -0.05) is 43.9 Å². The molecule has 0 spiro atoms. The molecule has 1 saturated carbocycles. The van der Waals surface area contributed by atoms with Crippen LogP contribution in [0.3, 0.4) is 0 Å². The third-order valence-electron chi connectivity index (χ3n) is 4.41. The lowest BCUT2D eigenvalue weighted by molar-refractivity contribution is -0.138. The molecule has 0 aliphatic heterocycles. The number of carbonyl (C=O) groups excluding carboxylic acids is 1. The number of hydrogen-bond donors (Lipinski definition) is 1. The first-order valence-electron chi connectivity index (χ1n) is 7.32. The summed E-state index contributed by atoms with van der Waals surface area (Å²) >= 11 is 0. The standard InChI is InChI=1S/C16H20F3NO/c17-16(18,19)13-8-4-3-7-12(13)14(21)15(11-20)9-5-1-2-6-10-15/h3-4,7-8H,1-2,5-6,9-11,20H2. The van der Waals surface area contributed by atoms with E-state index in [1.165, 1.54) is 18.2 Å². The van der Waals surface area contributed by atoms with Crippen LogP contribution in [0, 0.1) is 5.41 Å². The van der Waals surface area contributed by atoms with Crippen molar-refractivity contribution >= 4 is 5.78 Å². The van der Waals surface area contributed by atoms with Crippen molar-refractivity contribution in [3.63, 3.8) is 0 Å². The number of benzene rings is 1. The highest BCUT2D eigenvalue weighted by Gasteiger charge is 2.42. The van der Waals surface area contributed by atoms with Crippen molar-refractivity contribution in [1.82, 2.24) is 0 Å². The van der Waals surface area contributed by atoms with Crippen LogP contribution in [0.5, 0.6) is 0 Å². The maximum absolute atomic E-state index is 13.1. The molecule has 116 valence electrons. The van der Waals surface area contributed by atoms with E-state index in [1.807, 2.05) is 0 Å². The number of carbonyl (C=O) groups is 1. The molecule has 0 atom stereocenters. The Morgan fingerprint density at radius 1 is 1.10 bits per heavy atom. The molecule has 0 amide bonds. The SMILES string of the molecule is NCC1(C(=O)c2ccccc2C(F)(F)F)CCCCCC1. The molecule has 2 nitrogen and oxygen atoms in total. The Hall–Kier alpha value is -1.36. The fraction of sp³-hybridized carbons (Fsp3) is 0.562. The number of halogens is 3. The summed E-state index contributed by atoms with van der Waals surface area (Å²) < 4.78 is 39.3. The highest BCUT2D eigenvalue weighted by molar-refractivity contribution is 6.02. The Morgan fingerprint density at radius 3 is 2.19 bits per heavy atom. The minimum absolute atomic E-state index is 0.109. The van der Waals surface area contributed by atoms with E-state index in [4.69, 9.17) is 5.73 Å². The van der Waals surface area contributed by atoms with Crippen molar-refractivity contribution in [3.8, 4) is 0 Å². The van der Waals surface area contributed by atoms with Crippen molar-refractivity contribution in [1.29, 1.82) is 0 Å². The molecule has 1 aromatic carbocycles. The van der Waals surface area contributed by atoms with Crippen molar-refractivity contribution < 1.29 is 18.0 Å². The van der Waals surface area contributed by atoms with Gasteiger partial charge in [0, 0.05) is 17.5 Å². The van der Waals surface area contributed by atoms with Crippen LogP contribution < -0.4 is 5.73 Å². The van der Waals surface area contributed by atoms with Gasteiger partial charge in [-0.05, 0) is 18.9 Å². The molecular formula is C16H20F3NO. The number of ketones is 1. The van der Waals surface area contributed by atoms with Crippen LogP contribution in [-0.2, 0) is 6.18 Å². The first-order chi connectivity index (χ1) is 9.91. The van der Waals surface area contributed by atoms with Crippen LogP contribution in [0.1, 0.15) is 54.4 Å². The minimum Gasteiger partial charge on any atom is -0.329 e. The molecule has 1 aliphatic carbocycles. The van der Waals surface area contributed by atoms with Gasteiger partial charge in [0.1, 0.15) is 0 Å². The van der Waals surface area contributed by atoms with E-state index in [-0.39, 0.29) is 12.1 Å². The van der Waals surface area contributed by atoms with Crippen molar-refractivity contribution in [2.24, 2.45) is 11.1 Å². The van der Waals surface area contributed by atoms with Crippen LogP contribution in [-0.4, -0.2) is 12.3 Å². The van der Waals surface area contributed by atoms with Crippen LogP contribution in [0.2, 0.25) is 0 Å². The van der Waals surface area contributed by atoms with Gasteiger partial charge in [-0.3, -0.25) is 4.79 Å². The van der Waals surface area contributed by atoms with E-state index in [9.17, 15) is 18.0 Å². The van der Waals surface area contributed by atoms with E-state index in [1.54, 1.807) is 0 Å². The molecule has 0 unspecified atom stereocenters. The zero-order valence-corrected chi connectivity index (χ0v) is 11.9. The lowest BCUT2D eigenvalue weighted by Gasteiger charge is -2.30. The Morgan fingerprint density at radius 2 is 1.67 bits per heavy atom. The molecule has 0 bridgehead atoms. The summed E-state index contributed by atoms with van der Waals surface area (Å²) in [5.74, 6) is -0.445. The topological polar surface area (TPSA) is 43.1 Å². The first-order valence-corrected chi connectivity index (χ1v) is 7.32.